The fourth-order valence-corrected chi connectivity index (χ4v) is 5.80. The zero-order chi connectivity index (χ0) is 33.7. The zero-order valence-electron chi connectivity index (χ0n) is 26.0. The quantitative estimate of drug-likeness (QED) is 0.160. The van der Waals surface area contributed by atoms with E-state index >= 15 is 0 Å². The maximum Gasteiger partial charge on any atom is 0.414 e. The molecule has 1 aliphatic rings. The molecule has 0 aliphatic carbocycles. The molecule has 5 rings (SSSR count). The largest absolute Gasteiger partial charge is 0.443 e. The molecule has 1 aliphatic heterocycles. The number of benzene rings is 2. The molecule has 2 aromatic carbocycles. The van der Waals surface area contributed by atoms with Gasteiger partial charge in [-0.3, -0.25) is 14.7 Å². The number of rotatable bonds is 9. The summed E-state index contributed by atoms with van der Waals surface area (Å²) in [6.45, 7) is 7.06. The maximum absolute atomic E-state index is 13.1. The van der Waals surface area contributed by atoms with E-state index < -0.39 is 16.3 Å². The third kappa shape index (κ3) is 8.78. The maximum atomic E-state index is 13.1. The van der Waals surface area contributed by atoms with Crippen LogP contribution in [0.25, 0.3) is 22.7 Å². The number of carbonyl (C=O) groups excluding carboxylic acids is 2. The van der Waals surface area contributed by atoms with E-state index in [4.69, 9.17) is 55.7 Å². The predicted molar refractivity (Wildman–Crippen MR) is 187 cm³/mol. The van der Waals surface area contributed by atoms with Crippen molar-refractivity contribution in [3.63, 3.8) is 0 Å². The Morgan fingerprint density at radius 1 is 0.979 bits per heavy atom. The molecule has 9 nitrogen and oxygen atoms in total. The molecular weight excluding hydrogens is 684 g/mol. The number of carbonyl (C=O) groups is 2. The van der Waals surface area contributed by atoms with Crippen LogP contribution in [-0.2, 0) is 16.0 Å². The highest BCUT2D eigenvalue weighted by molar-refractivity contribution is 6.54. The number of aromatic nitrogens is 2. The van der Waals surface area contributed by atoms with Gasteiger partial charge < -0.3 is 19.1 Å². The van der Waals surface area contributed by atoms with Gasteiger partial charge in [-0.2, -0.15) is 0 Å². The fourth-order valence-electron chi connectivity index (χ4n) is 4.97. The van der Waals surface area contributed by atoms with E-state index in [1.165, 1.54) is 0 Å². The Kier molecular flexibility index (Phi) is 11.0. The van der Waals surface area contributed by atoms with Crippen LogP contribution in [0.4, 0.5) is 16.2 Å². The van der Waals surface area contributed by atoms with Gasteiger partial charge in [-0.05, 0) is 75.6 Å². The first-order valence-electron chi connectivity index (χ1n) is 14.9. The van der Waals surface area contributed by atoms with Crippen molar-refractivity contribution in [1.82, 2.24) is 15.0 Å². The Bertz CT molecular complexity index is 1730. The number of nitrogens with zero attached hydrogens (tertiary/aromatic N) is 5. The molecule has 0 atom stereocenters. The molecule has 246 valence electrons. The van der Waals surface area contributed by atoms with Crippen molar-refractivity contribution >= 4 is 69.8 Å². The SMILES string of the molecule is CC(C)(C)OC(=O)N1C=CN(c2ccc(CCCN(C(=O)C(Cl)Cl)c3ccnc(-c4cc(-c5c(Cl)cccc5Cl)no4)c3)cc2)CC1. The standard InChI is InChI=1S/C34H33Cl4N5O4/c1-34(2,3)46-33(45)42-18-16-41(17-19-42)23-11-9-22(10-12-23)6-5-15-43(32(44)31(37)38)24-13-14-39-27(20-24)29-21-28(40-47-29)30-25(35)7-4-8-26(30)36/h4,7-14,16,18,20-21,31H,5-6,15,17,19H2,1-3H3. The van der Waals surface area contributed by atoms with Crippen LogP contribution in [0.15, 0.2) is 83.8 Å². The molecule has 4 aromatic rings. The van der Waals surface area contributed by atoms with E-state index in [0.717, 1.165) is 11.3 Å². The summed E-state index contributed by atoms with van der Waals surface area (Å²) >= 11 is 24.8. The lowest BCUT2D eigenvalue weighted by Gasteiger charge is -2.31. The van der Waals surface area contributed by atoms with Crippen molar-refractivity contribution in [2.24, 2.45) is 0 Å². The molecule has 0 N–H and O–H groups in total. The highest BCUT2D eigenvalue weighted by Crippen LogP contribution is 2.36. The summed E-state index contributed by atoms with van der Waals surface area (Å²) in [5, 5.41) is 5.01. The van der Waals surface area contributed by atoms with E-state index in [1.54, 1.807) is 58.6 Å². The van der Waals surface area contributed by atoms with Gasteiger partial charge in [-0.15, -0.1) is 0 Å². The van der Waals surface area contributed by atoms with Gasteiger partial charge in [0, 0.05) is 61.2 Å². The van der Waals surface area contributed by atoms with Gasteiger partial charge in [0.05, 0.1) is 10.0 Å². The van der Waals surface area contributed by atoms with E-state index in [-0.39, 0.29) is 6.09 Å². The lowest BCUT2D eigenvalue weighted by molar-refractivity contribution is -0.117. The van der Waals surface area contributed by atoms with Crippen LogP contribution in [0.3, 0.4) is 0 Å². The van der Waals surface area contributed by atoms with Crippen LogP contribution in [0.1, 0.15) is 32.8 Å². The average molecular weight is 717 g/mol. The van der Waals surface area contributed by atoms with Gasteiger partial charge in [0.25, 0.3) is 5.91 Å². The number of amides is 2. The number of hydrogen-bond donors (Lipinski definition) is 0. The molecule has 13 heteroatoms. The highest BCUT2D eigenvalue weighted by Gasteiger charge is 2.25. The van der Waals surface area contributed by atoms with Gasteiger partial charge in [-0.1, -0.05) is 69.8 Å². The number of hydrogen-bond acceptors (Lipinski definition) is 7. The van der Waals surface area contributed by atoms with Gasteiger partial charge in [0.15, 0.2) is 10.6 Å². The monoisotopic (exact) mass is 715 g/mol. The molecule has 2 amide bonds. The van der Waals surface area contributed by atoms with Crippen molar-refractivity contribution in [1.29, 1.82) is 0 Å². The molecule has 0 saturated carbocycles. The number of pyridine rings is 1. The first-order valence-corrected chi connectivity index (χ1v) is 16.5. The van der Waals surface area contributed by atoms with Crippen LogP contribution in [-0.4, -0.2) is 57.1 Å². The second kappa shape index (κ2) is 15.0. The van der Waals surface area contributed by atoms with Crippen molar-refractivity contribution in [3.05, 3.63) is 94.9 Å². The second-order valence-corrected chi connectivity index (χ2v) is 13.7. The topological polar surface area (TPSA) is 92.0 Å². The summed E-state index contributed by atoms with van der Waals surface area (Å²) in [6.07, 6.45) is 6.18. The zero-order valence-corrected chi connectivity index (χ0v) is 29.0. The van der Waals surface area contributed by atoms with Gasteiger partial charge in [0.2, 0.25) is 0 Å². The molecule has 0 fully saturated rings. The van der Waals surface area contributed by atoms with Crippen LogP contribution < -0.4 is 9.80 Å². The Morgan fingerprint density at radius 2 is 1.70 bits per heavy atom. The average Bonchev–Trinajstić information content (AvgIpc) is 3.52. The number of aryl methyl sites for hydroxylation is 1. The summed E-state index contributed by atoms with van der Waals surface area (Å²) in [6, 6.07) is 18.5. The van der Waals surface area contributed by atoms with E-state index in [2.05, 4.69) is 27.2 Å². The van der Waals surface area contributed by atoms with Crippen molar-refractivity contribution in [2.75, 3.05) is 29.4 Å². The summed E-state index contributed by atoms with van der Waals surface area (Å²) < 4.78 is 11.0. The van der Waals surface area contributed by atoms with Crippen LogP contribution in [0, 0.1) is 0 Å². The van der Waals surface area contributed by atoms with Gasteiger partial charge in [-0.25, -0.2) is 4.79 Å². The lowest BCUT2D eigenvalue weighted by atomic mass is 10.1. The van der Waals surface area contributed by atoms with Crippen molar-refractivity contribution in [2.45, 2.75) is 44.1 Å². The molecule has 0 saturated heterocycles. The van der Waals surface area contributed by atoms with Crippen LogP contribution in [0.2, 0.25) is 10.0 Å². The lowest BCUT2D eigenvalue weighted by Crippen LogP contribution is -2.40. The number of halogens is 4. The van der Waals surface area contributed by atoms with E-state index in [9.17, 15) is 9.59 Å². The number of anilines is 2. The Morgan fingerprint density at radius 3 is 2.34 bits per heavy atom. The molecular formula is C34H33Cl4N5O4. The molecule has 3 heterocycles. The highest BCUT2D eigenvalue weighted by atomic mass is 35.5. The molecule has 0 spiro atoms. The Labute approximate surface area is 293 Å². The third-order valence-electron chi connectivity index (χ3n) is 7.24. The minimum absolute atomic E-state index is 0.361. The minimum atomic E-state index is -1.24. The third-order valence-corrected chi connectivity index (χ3v) is 8.24. The summed E-state index contributed by atoms with van der Waals surface area (Å²) in [5.74, 6) is -0.0704. The Balaban J connectivity index is 1.23. The minimum Gasteiger partial charge on any atom is -0.443 e. The first kappa shape index (κ1) is 34.6. The van der Waals surface area contributed by atoms with Gasteiger partial charge >= 0.3 is 6.09 Å². The summed E-state index contributed by atoms with van der Waals surface area (Å²) in [5.41, 5.74) is 3.60. The summed E-state index contributed by atoms with van der Waals surface area (Å²) in [4.78, 5) is 33.8. The van der Waals surface area contributed by atoms with Crippen LogP contribution in [0.5, 0.6) is 0 Å². The normalized spacial score (nSPS) is 13.3. The second-order valence-electron chi connectivity index (χ2n) is 11.8. The number of alkyl halides is 2. The van der Waals surface area contributed by atoms with E-state index in [1.807, 2.05) is 39.1 Å². The first-order chi connectivity index (χ1) is 22.4. The van der Waals surface area contributed by atoms with Gasteiger partial charge in [0.1, 0.15) is 17.0 Å². The molecule has 0 radical (unpaired) electrons. The molecule has 0 unspecified atom stereocenters. The molecule has 47 heavy (non-hydrogen) atoms. The smallest absolute Gasteiger partial charge is 0.414 e. The molecule has 2 aromatic heterocycles. The number of ether oxygens (including phenoxy) is 1. The fraction of sp³-hybridized carbons (Fsp3) is 0.294. The molecule has 0 bridgehead atoms. The van der Waals surface area contributed by atoms with Crippen LogP contribution >= 0.6 is 46.4 Å². The predicted octanol–water partition coefficient (Wildman–Crippen LogP) is 9.01. The Hall–Kier alpha value is -3.76. The van der Waals surface area contributed by atoms with Crippen molar-refractivity contribution < 1.29 is 18.8 Å². The van der Waals surface area contributed by atoms with Crippen molar-refractivity contribution in [3.8, 4) is 22.7 Å². The summed E-state index contributed by atoms with van der Waals surface area (Å²) in [7, 11) is 0. The van der Waals surface area contributed by atoms with E-state index in [0.29, 0.717) is 70.9 Å².